The first-order valence-corrected chi connectivity index (χ1v) is 5.27. The zero-order chi connectivity index (χ0) is 10.7. The molecule has 1 unspecified atom stereocenters. The van der Waals surface area contributed by atoms with Gasteiger partial charge in [-0.05, 0) is 37.1 Å². The maximum atomic E-state index is 5.54. The Morgan fingerprint density at radius 3 is 3.07 bits per heavy atom. The highest BCUT2D eigenvalue weighted by Gasteiger charge is 2.23. The molecule has 1 aromatic rings. The predicted octanol–water partition coefficient (Wildman–Crippen LogP) is 1.88. The highest BCUT2D eigenvalue weighted by Crippen LogP contribution is 2.36. The second-order valence-electron chi connectivity index (χ2n) is 3.75. The molecule has 1 atom stereocenters. The van der Waals surface area contributed by atoms with Gasteiger partial charge in [0.15, 0.2) is 6.79 Å². The fourth-order valence-corrected chi connectivity index (χ4v) is 2.18. The van der Waals surface area contributed by atoms with Crippen molar-refractivity contribution < 1.29 is 9.47 Å². The van der Waals surface area contributed by atoms with Crippen LogP contribution in [0.25, 0.3) is 0 Å². The summed E-state index contributed by atoms with van der Waals surface area (Å²) >= 11 is 0. The molecular formula is C12H17NO2. The fourth-order valence-electron chi connectivity index (χ4n) is 2.18. The quantitative estimate of drug-likeness (QED) is 0.765. The summed E-state index contributed by atoms with van der Waals surface area (Å²) in [6.07, 6.45) is 2.24. The van der Waals surface area contributed by atoms with E-state index >= 15 is 0 Å². The van der Waals surface area contributed by atoms with Crippen LogP contribution in [-0.2, 0) is 11.2 Å². The number of ether oxygens (including phenoxy) is 2. The second kappa shape index (κ2) is 4.64. The minimum Gasteiger partial charge on any atom is -0.467 e. The van der Waals surface area contributed by atoms with Crippen LogP contribution in [-0.4, -0.2) is 21.0 Å². The lowest BCUT2D eigenvalue weighted by molar-refractivity contribution is 0.0505. The third kappa shape index (κ3) is 1.98. The number of hydrogen-bond acceptors (Lipinski definition) is 3. The van der Waals surface area contributed by atoms with Gasteiger partial charge in [-0.1, -0.05) is 12.1 Å². The lowest BCUT2D eigenvalue weighted by Crippen LogP contribution is -2.12. The molecule has 2 rings (SSSR count). The Labute approximate surface area is 90.4 Å². The maximum Gasteiger partial charge on any atom is 0.188 e. The van der Waals surface area contributed by atoms with Crippen molar-refractivity contribution in [2.24, 2.45) is 0 Å². The van der Waals surface area contributed by atoms with E-state index in [0.717, 1.165) is 18.6 Å². The van der Waals surface area contributed by atoms with Crippen molar-refractivity contribution in [3.63, 3.8) is 0 Å². The first kappa shape index (κ1) is 10.5. The van der Waals surface area contributed by atoms with Crippen LogP contribution in [0, 0.1) is 0 Å². The Bertz CT molecular complexity index is 338. The van der Waals surface area contributed by atoms with Gasteiger partial charge in [-0.3, -0.25) is 0 Å². The van der Waals surface area contributed by atoms with Gasteiger partial charge >= 0.3 is 0 Å². The molecule has 0 fully saturated rings. The van der Waals surface area contributed by atoms with E-state index in [1.54, 1.807) is 7.11 Å². The van der Waals surface area contributed by atoms with Gasteiger partial charge in [0.25, 0.3) is 0 Å². The fraction of sp³-hybridized carbons (Fsp3) is 0.500. The van der Waals surface area contributed by atoms with Crippen molar-refractivity contribution in [1.82, 2.24) is 5.32 Å². The summed E-state index contributed by atoms with van der Waals surface area (Å²) in [5, 5.41) is 3.32. The van der Waals surface area contributed by atoms with Crippen molar-refractivity contribution in [1.29, 1.82) is 0 Å². The summed E-state index contributed by atoms with van der Waals surface area (Å²) in [6, 6.07) is 6.70. The van der Waals surface area contributed by atoms with E-state index in [1.807, 2.05) is 19.2 Å². The van der Waals surface area contributed by atoms with Gasteiger partial charge in [-0.15, -0.1) is 0 Å². The smallest absolute Gasteiger partial charge is 0.188 e. The number of methoxy groups -OCH3 is 1. The van der Waals surface area contributed by atoms with Gasteiger partial charge in [0.1, 0.15) is 5.75 Å². The van der Waals surface area contributed by atoms with E-state index in [2.05, 4.69) is 11.4 Å². The summed E-state index contributed by atoms with van der Waals surface area (Å²) in [7, 11) is 3.64. The molecule has 1 aliphatic rings. The van der Waals surface area contributed by atoms with Crippen LogP contribution in [0.5, 0.6) is 5.75 Å². The molecule has 0 spiro atoms. The molecule has 3 nitrogen and oxygen atoms in total. The Balaban J connectivity index is 2.23. The minimum absolute atomic E-state index is 0.320. The third-order valence-electron chi connectivity index (χ3n) is 2.91. The highest BCUT2D eigenvalue weighted by molar-refractivity contribution is 5.45. The predicted molar refractivity (Wildman–Crippen MR) is 59.1 cm³/mol. The topological polar surface area (TPSA) is 30.5 Å². The molecule has 1 aliphatic carbocycles. The van der Waals surface area contributed by atoms with E-state index < -0.39 is 0 Å². The number of rotatable bonds is 4. The second-order valence-corrected chi connectivity index (χ2v) is 3.75. The molecule has 0 saturated carbocycles. The minimum atomic E-state index is 0.320. The molecule has 82 valence electrons. The van der Waals surface area contributed by atoms with Crippen LogP contribution in [0.15, 0.2) is 18.2 Å². The molecule has 0 amide bonds. The summed E-state index contributed by atoms with van der Waals surface area (Å²) in [6.45, 7) is 0.320. The Kier molecular flexibility index (Phi) is 3.23. The lowest BCUT2D eigenvalue weighted by atomic mass is 10.1. The SMILES string of the molecule is CNC1CCc2c(OCOC)cccc21. The van der Waals surface area contributed by atoms with Crippen molar-refractivity contribution in [3.05, 3.63) is 29.3 Å². The van der Waals surface area contributed by atoms with Crippen LogP contribution >= 0.6 is 0 Å². The van der Waals surface area contributed by atoms with Crippen LogP contribution in [0.3, 0.4) is 0 Å². The van der Waals surface area contributed by atoms with Gasteiger partial charge in [0.2, 0.25) is 0 Å². The molecule has 15 heavy (non-hydrogen) atoms. The largest absolute Gasteiger partial charge is 0.467 e. The Morgan fingerprint density at radius 2 is 2.33 bits per heavy atom. The molecule has 3 heteroatoms. The summed E-state index contributed by atoms with van der Waals surface area (Å²) in [4.78, 5) is 0. The molecule has 0 saturated heterocycles. The molecular weight excluding hydrogens is 190 g/mol. The average molecular weight is 207 g/mol. The first-order valence-electron chi connectivity index (χ1n) is 5.27. The van der Waals surface area contributed by atoms with Crippen molar-refractivity contribution in [2.45, 2.75) is 18.9 Å². The van der Waals surface area contributed by atoms with E-state index in [9.17, 15) is 0 Å². The van der Waals surface area contributed by atoms with Gasteiger partial charge in [-0.25, -0.2) is 0 Å². The first-order chi connectivity index (χ1) is 7.36. The molecule has 0 aromatic heterocycles. The maximum absolute atomic E-state index is 5.54. The zero-order valence-corrected chi connectivity index (χ0v) is 9.25. The average Bonchev–Trinajstić information content (AvgIpc) is 2.69. The third-order valence-corrected chi connectivity index (χ3v) is 2.91. The van der Waals surface area contributed by atoms with Crippen LogP contribution in [0.4, 0.5) is 0 Å². The summed E-state index contributed by atoms with van der Waals surface area (Å²) in [5.74, 6) is 0.965. The van der Waals surface area contributed by atoms with Crippen molar-refractivity contribution in [2.75, 3.05) is 21.0 Å². The molecule has 0 aliphatic heterocycles. The highest BCUT2D eigenvalue weighted by atomic mass is 16.7. The normalized spacial score (nSPS) is 18.9. The number of benzene rings is 1. The van der Waals surface area contributed by atoms with E-state index in [4.69, 9.17) is 9.47 Å². The van der Waals surface area contributed by atoms with Crippen LogP contribution in [0.2, 0.25) is 0 Å². The molecule has 1 N–H and O–H groups in total. The van der Waals surface area contributed by atoms with E-state index in [0.29, 0.717) is 12.8 Å². The van der Waals surface area contributed by atoms with Gasteiger partial charge in [-0.2, -0.15) is 0 Å². The zero-order valence-electron chi connectivity index (χ0n) is 9.25. The van der Waals surface area contributed by atoms with Crippen molar-refractivity contribution >= 4 is 0 Å². The van der Waals surface area contributed by atoms with Gasteiger partial charge in [0, 0.05) is 13.2 Å². The van der Waals surface area contributed by atoms with Gasteiger partial charge < -0.3 is 14.8 Å². The van der Waals surface area contributed by atoms with Gasteiger partial charge in [0.05, 0.1) is 0 Å². The Hall–Kier alpha value is -1.06. The number of hydrogen-bond donors (Lipinski definition) is 1. The monoisotopic (exact) mass is 207 g/mol. The lowest BCUT2D eigenvalue weighted by Gasteiger charge is -2.12. The standard InChI is InChI=1S/C12H17NO2/c1-13-11-7-6-10-9(11)4-3-5-12(10)15-8-14-2/h3-5,11,13H,6-8H2,1-2H3. The van der Waals surface area contributed by atoms with Crippen molar-refractivity contribution in [3.8, 4) is 5.75 Å². The molecule has 0 radical (unpaired) electrons. The van der Waals surface area contributed by atoms with E-state index in [-0.39, 0.29) is 0 Å². The number of fused-ring (bicyclic) bond motifs is 1. The van der Waals surface area contributed by atoms with Crippen LogP contribution in [0.1, 0.15) is 23.6 Å². The Morgan fingerprint density at radius 1 is 1.47 bits per heavy atom. The summed E-state index contributed by atoms with van der Waals surface area (Å²) < 4.78 is 10.5. The number of nitrogens with one attached hydrogen (secondary N) is 1. The van der Waals surface area contributed by atoms with E-state index in [1.165, 1.54) is 11.1 Å². The molecule has 0 bridgehead atoms. The molecule has 1 aromatic carbocycles. The summed E-state index contributed by atoms with van der Waals surface area (Å²) in [5.41, 5.74) is 2.69. The molecule has 0 heterocycles. The van der Waals surface area contributed by atoms with Crippen LogP contribution < -0.4 is 10.1 Å².